The number of thioether (sulfide) groups is 1. The summed E-state index contributed by atoms with van der Waals surface area (Å²) in [4.78, 5) is 11.4. The van der Waals surface area contributed by atoms with Gasteiger partial charge >= 0.3 is 0 Å². The monoisotopic (exact) mass is 1050 g/mol. The Morgan fingerprint density at radius 1 is 0.708 bits per heavy atom. The summed E-state index contributed by atoms with van der Waals surface area (Å²) in [6, 6.07) is 62.8. The van der Waals surface area contributed by atoms with Crippen molar-refractivity contribution in [1.29, 1.82) is 0 Å². The zero-order chi connectivity index (χ0) is 43.8. The van der Waals surface area contributed by atoms with Crippen LogP contribution in [0.1, 0.15) is 30.9 Å². The van der Waals surface area contributed by atoms with Crippen molar-refractivity contribution in [2.75, 3.05) is 0 Å². The summed E-state index contributed by atoms with van der Waals surface area (Å²) in [5.74, 6) is 1.97. The van der Waals surface area contributed by atoms with Gasteiger partial charge in [0.1, 0.15) is 0 Å². The molecule has 1 aliphatic heterocycles. The number of aromatic nitrogens is 3. The van der Waals surface area contributed by atoms with Crippen molar-refractivity contribution in [3.05, 3.63) is 211 Å². The van der Waals surface area contributed by atoms with Gasteiger partial charge in [0.15, 0.2) is 0 Å². The van der Waals surface area contributed by atoms with Crippen LogP contribution < -0.4 is 5.19 Å². The molecule has 2 unspecified atom stereocenters. The van der Waals surface area contributed by atoms with Gasteiger partial charge in [0.25, 0.3) is 0 Å². The molecule has 11 rings (SSSR count). The van der Waals surface area contributed by atoms with Gasteiger partial charge in [-0.05, 0) is 63.5 Å². The van der Waals surface area contributed by atoms with E-state index in [1.807, 2.05) is 30.0 Å². The van der Waals surface area contributed by atoms with Crippen molar-refractivity contribution in [3.63, 3.8) is 0 Å². The second-order valence-electron chi connectivity index (χ2n) is 18.3. The zero-order valence-corrected chi connectivity index (χ0v) is 41.6. The number of allylic oxidation sites excluding steroid dienone is 3. The summed E-state index contributed by atoms with van der Waals surface area (Å²) < 4.78 is 2.37. The molecular weight excluding hydrogens is 1000 g/mol. The summed E-state index contributed by atoms with van der Waals surface area (Å²) >= 11 is 1.94. The second-order valence-corrected chi connectivity index (χ2v) is 24.5. The van der Waals surface area contributed by atoms with Crippen LogP contribution in [-0.2, 0) is 26.5 Å². The number of nitrogens with zero attached hydrogens (tertiary/aromatic N) is 3. The standard InChI is InChI=1S/C41H27N2S.C18H24NSi.Ir/c1-3-12-27(13-4-1)30-23-24-36(35(26-30)28-14-5-2-6-15-28)43-37-25-22-29-16-7-8-17-31(29)39(37)42-41(43)34-20-11-19-33-32-18-9-10-21-38(32)44-40(33)34;1-14(2)11-16-12-17(15-9-7-6-8-10-15)19-13-18(16)20(3,4)5;/h1-19,21-26,32,38H;6-9,12-14H,11H2,1-5H3;/q2*-1;. The number of rotatable bonds is 8. The minimum Gasteiger partial charge on any atom is -0.333 e. The van der Waals surface area contributed by atoms with Gasteiger partial charge in [-0.15, -0.1) is 59.7 Å². The van der Waals surface area contributed by atoms with E-state index in [0.717, 1.165) is 51.2 Å². The third-order valence-corrected chi connectivity index (χ3v) is 15.8. The molecule has 0 bridgehead atoms. The maximum Gasteiger partial charge on any atom is 0.0852 e. The third-order valence-electron chi connectivity index (χ3n) is 12.3. The van der Waals surface area contributed by atoms with Crippen LogP contribution in [0.25, 0.3) is 72.4 Å². The molecule has 9 aromatic rings. The number of hydrogen-bond acceptors (Lipinski definition) is 3. The number of benzene rings is 7. The molecule has 2 aromatic heterocycles. The Bertz CT molecular complexity index is 3190. The molecule has 0 saturated heterocycles. The SMILES string of the molecule is CC(C)Cc1cc(-c2[c-]cccc2)ncc1[Si](C)(C)C.[Ir].[c-]1ccc2c(c1-c1nc3c4ccccc4ccc3n1-c1ccc(-c3ccccc3)cc1-c1ccccc1)SC1C=CC=CC21. The van der Waals surface area contributed by atoms with Crippen LogP contribution in [0, 0.1) is 18.1 Å². The summed E-state index contributed by atoms with van der Waals surface area (Å²) in [5.41, 5.74) is 14.0. The maximum absolute atomic E-state index is 5.48. The molecule has 2 aliphatic rings. The van der Waals surface area contributed by atoms with Gasteiger partial charge in [-0.1, -0.05) is 177 Å². The molecule has 2 atom stereocenters. The smallest absolute Gasteiger partial charge is 0.0852 e. The Balaban J connectivity index is 0.000000215. The van der Waals surface area contributed by atoms with E-state index in [9.17, 15) is 0 Å². The Morgan fingerprint density at radius 2 is 1.45 bits per heavy atom. The largest absolute Gasteiger partial charge is 0.333 e. The van der Waals surface area contributed by atoms with E-state index in [-0.39, 0.29) is 20.1 Å². The molecule has 1 aliphatic carbocycles. The van der Waals surface area contributed by atoms with E-state index in [0.29, 0.717) is 17.1 Å². The summed E-state index contributed by atoms with van der Waals surface area (Å²) in [6.07, 6.45) is 12.2. The molecule has 0 spiro atoms. The number of fused-ring (bicyclic) bond motifs is 6. The molecule has 0 saturated carbocycles. The van der Waals surface area contributed by atoms with Crippen LogP contribution in [0.4, 0.5) is 0 Å². The van der Waals surface area contributed by atoms with Gasteiger partial charge < -0.3 is 9.55 Å². The minimum absolute atomic E-state index is 0. The van der Waals surface area contributed by atoms with Gasteiger partial charge in [-0.2, -0.15) is 11.8 Å². The molecule has 6 heteroatoms. The molecule has 65 heavy (non-hydrogen) atoms. The molecular formula is C59H51IrN3SSi-2. The van der Waals surface area contributed by atoms with Crippen molar-refractivity contribution in [3.8, 4) is 50.6 Å². The maximum atomic E-state index is 5.48. The number of imidazole rings is 1. The quantitative estimate of drug-likeness (QED) is 0.112. The van der Waals surface area contributed by atoms with Crippen molar-refractivity contribution < 1.29 is 20.1 Å². The Labute approximate surface area is 402 Å². The van der Waals surface area contributed by atoms with Crippen LogP contribution in [0.2, 0.25) is 19.6 Å². The van der Waals surface area contributed by atoms with Gasteiger partial charge in [-0.25, -0.2) is 0 Å². The van der Waals surface area contributed by atoms with Gasteiger partial charge in [-0.3, -0.25) is 4.98 Å². The average Bonchev–Trinajstić information content (AvgIpc) is 3.91. The van der Waals surface area contributed by atoms with E-state index in [2.05, 4.69) is 225 Å². The molecule has 0 fully saturated rings. The molecule has 3 heterocycles. The fraction of sp³-hybridized carbons (Fsp3) is 0.153. The van der Waals surface area contributed by atoms with Crippen LogP contribution in [-0.4, -0.2) is 27.9 Å². The minimum atomic E-state index is -1.34. The molecule has 0 N–H and O–H groups in total. The molecule has 3 nitrogen and oxygen atoms in total. The van der Waals surface area contributed by atoms with Crippen LogP contribution in [0.5, 0.6) is 0 Å². The predicted octanol–water partition coefficient (Wildman–Crippen LogP) is 15.0. The Morgan fingerprint density at radius 3 is 2.20 bits per heavy atom. The summed E-state index contributed by atoms with van der Waals surface area (Å²) in [5, 5.41) is 4.24. The first-order valence-electron chi connectivity index (χ1n) is 22.4. The van der Waals surface area contributed by atoms with Gasteiger partial charge in [0, 0.05) is 54.1 Å². The average molecular weight is 1050 g/mol. The predicted molar refractivity (Wildman–Crippen MR) is 274 cm³/mol. The third kappa shape index (κ3) is 8.94. The van der Waals surface area contributed by atoms with Crippen LogP contribution in [0.3, 0.4) is 0 Å². The zero-order valence-electron chi connectivity index (χ0n) is 37.4. The van der Waals surface area contributed by atoms with Crippen LogP contribution >= 0.6 is 11.8 Å². The van der Waals surface area contributed by atoms with E-state index in [1.165, 1.54) is 48.8 Å². The van der Waals surface area contributed by atoms with Crippen molar-refractivity contribution in [1.82, 2.24) is 14.5 Å². The van der Waals surface area contributed by atoms with Crippen molar-refractivity contribution >= 4 is 46.8 Å². The van der Waals surface area contributed by atoms with E-state index in [4.69, 9.17) is 4.98 Å². The van der Waals surface area contributed by atoms with Crippen molar-refractivity contribution in [2.45, 2.75) is 56.0 Å². The Hall–Kier alpha value is -5.88. The Kier molecular flexibility index (Phi) is 12.9. The topological polar surface area (TPSA) is 30.7 Å². The van der Waals surface area contributed by atoms with Crippen LogP contribution in [0.15, 0.2) is 193 Å². The fourth-order valence-corrected chi connectivity index (χ4v) is 12.3. The van der Waals surface area contributed by atoms with E-state index in [1.54, 1.807) is 0 Å². The van der Waals surface area contributed by atoms with Gasteiger partial charge in [0.2, 0.25) is 0 Å². The fourth-order valence-electron chi connectivity index (χ4n) is 9.27. The normalized spacial score (nSPS) is 15.0. The molecule has 0 amide bonds. The molecule has 7 aromatic carbocycles. The molecule has 1 radical (unpaired) electrons. The first-order valence-corrected chi connectivity index (χ1v) is 26.8. The van der Waals surface area contributed by atoms with E-state index < -0.39 is 8.07 Å². The van der Waals surface area contributed by atoms with Crippen molar-refractivity contribution in [2.24, 2.45) is 5.92 Å². The second kappa shape index (κ2) is 18.9. The first-order chi connectivity index (χ1) is 31.2. The van der Waals surface area contributed by atoms with E-state index >= 15 is 0 Å². The first kappa shape index (κ1) is 44.3. The number of hydrogen-bond donors (Lipinski definition) is 0. The van der Waals surface area contributed by atoms with Gasteiger partial charge in [0.05, 0.1) is 24.9 Å². The number of pyridine rings is 1. The summed E-state index contributed by atoms with van der Waals surface area (Å²) in [6.45, 7) is 11.7. The molecule has 323 valence electrons. The summed E-state index contributed by atoms with van der Waals surface area (Å²) in [7, 11) is -1.34.